The number of carbonyl (C=O) groups excluding carboxylic acids is 2. The van der Waals surface area contributed by atoms with Gasteiger partial charge in [0.1, 0.15) is 0 Å². The summed E-state index contributed by atoms with van der Waals surface area (Å²) >= 11 is 3.37. The normalized spacial score (nSPS) is 15.3. The number of amides is 2. The zero-order chi connectivity index (χ0) is 22.0. The van der Waals surface area contributed by atoms with Gasteiger partial charge in [0, 0.05) is 21.9 Å². The van der Waals surface area contributed by atoms with Crippen LogP contribution in [-0.4, -0.2) is 44.1 Å². The summed E-state index contributed by atoms with van der Waals surface area (Å²) in [6, 6.07) is 9.24. The first-order chi connectivity index (χ1) is 15.0. The van der Waals surface area contributed by atoms with Gasteiger partial charge < -0.3 is 24.8 Å². The van der Waals surface area contributed by atoms with Crippen molar-refractivity contribution in [1.29, 1.82) is 0 Å². The molecule has 3 aromatic rings. The van der Waals surface area contributed by atoms with E-state index in [1.807, 2.05) is 16.3 Å². The minimum absolute atomic E-state index is 0.131. The smallest absolute Gasteiger partial charge is 0.255 e. The Kier molecular flexibility index (Phi) is 6.15. The molecule has 4 rings (SSSR count). The maximum atomic E-state index is 13.7. The van der Waals surface area contributed by atoms with Gasteiger partial charge in [0.15, 0.2) is 18.1 Å². The van der Waals surface area contributed by atoms with E-state index in [1.54, 1.807) is 34.8 Å². The molecule has 2 amide bonds. The summed E-state index contributed by atoms with van der Waals surface area (Å²) in [4.78, 5) is 29.1. The Morgan fingerprint density at radius 3 is 2.48 bits per heavy atom. The third-order valence-electron chi connectivity index (χ3n) is 5.11. The fraction of sp³-hybridized carbons (Fsp3) is 0.273. The first-order valence-electron chi connectivity index (χ1n) is 9.61. The molecule has 0 spiro atoms. The molecule has 0 saturated heterocycles. The van der Waals surface area contributed by atoms with Crippen LogP contribution in [0.1, 0.15) is 31.7 Å². The van der Waals surface area contributed by atoms with E-state index in [-0.39, 0.29) is 24.3 Å². The van der Waals surface area contributed by atoms with Crippen LogP contribution in [-0.2, 0) is 11.2 Å². The van der Waals surface area contributed by atoms with Crippen molar-refractivity contribution in [1.82, 2.24) is 4.90 Å². The molecular weight excluding hydrogens is 436 g/mol. The molecular formula is C22H22N2O5S2. The molecule has 0 radical (unpaired) electrons. The third kappa shape index (κ3) is 4.11. The number of methoxy groups -OCH3 is 2. The van der Waals surface area contributed by atoms with Crippen LogP contribution in [0.3, 0.4) is 0 Å². The van der Waals surface area contributed by atoms with Crippen LogP contribution in [0.25, 0.3) is 0 Å². The molecule has 0 fully saturated rings. The molecule has 162 valence electrons. The van der Waals surface area contributed by atoms with Gasteiger partial charge in [-0.25, -0.2) is 0 Å². The topological polar surface area (TPSA) is 91.1 Å². The van der Waals surface area contributed by atoms with Crippen molar-refractivity contribution in [2.24, 2.45) is 5.73 Å². The Labute approximate surface area is 188 Å². The van der Waals surface area contributed by atoms with Gasteiger partial charge in [0.2, 0.25) is 5.75 Å². The Morgan fingerprint density at radius 2 is 1.87 bits per heavy atom. The van der Waals surface area contributed by atoms with E-state index < -0.39 is 5.91 Å². The van der Waals surface area contributed by atoms with Crippen molar-refractivity contribution in [3.63, 3.8) is 0 Å². The first-order valence-corrected chi connectivity index (χ1v) is 11.4. The van der Waals surface area contributed by atoms with Gasteiger partial charge >= 0.3 is 0 Å². The van der Waals surface area contributed by atoms with Crippen molar-refractivity contribution >= 4 is 34.5 Å². The molecule has 2 N–H and O–H groups in total. The van der Waals surface area contributed by atoms with Gasteiger partial charge in [-0.15, -0.1) is 22.7 Å². The molecule has 1 aromatic carbocycles. The second-order valence-corrected chi connectivity index (χ2v) is 8.91. The summed E-state index contributed by atoms with van der Waals surface area (Å²) < 4.78 is 16.3. The van der Waals surface area contributed by atoms with E-state index in [1.165, 1.54) is 24.7 Å². The van der Waals surface area contributed by atoms with E-state index in [9.17, 15) is 9.59 Å². The first kappa shape index (κ1) is 21.2. The second-order valence-electron chi connectivity index (χ2n) is 6.93. The number of hydrogen-bond acceptors (Lipinski definition) is 7. The molecule has 0 bridgehead atoms. The molecule has 0 saturated carbocycles. The minimum Gasteiger partial charge on any atom is -0.493 e. The van der Waals surface area contributed by atoms with Crippen molar-refractivity contribution in [2.45, 2.75) is 12.5 Å². The average molecular weight is 459 g/mol. The number of hydrogen-bond donors (Lipinski definition) is 1. The number of fused-ring (bicyclic) bond motifs is 1. The number of benzene rings is 1. The maximum Gasteiger partial charge on any atom is 0.255 e. The average Bonchev–Trinajstić information content (AvgIpc) is 3.47. The molecule has 0 unspecified atom stereocenters. The lowest BCUT2D eigenvalue weighted by atomic mass is 9.97. The monoisotopic (exact) mass is 458 g/mol. The number of primary amides is 1. The van der Waals surface area contributed by atoms with Crippen LogP contribution >= 0.6 is 22.7 Å². The Bertz CT molecular complexity index is 1070. The molecule has 7 nitrogen and oxygen atoms in total. The van der Waals surface area contributed by atoms with Crippen LogP contribution in [0.4, 0.5) is 0 Å². The SMILES string of the molecule is COc1cc(C(=O)N2CCc3sccc3[C@@H]2c2cccs2)cc(OC)c1OCC(N)=O. The third-order valence-corrected chi connectivity index (χ3v) is 7.03. The number of thiophene rings is 2. The van der Waals surface area contributed by atoms with Crippen LogP contribution in [0.2, 0.25) is 0 Å². The standard InChI is InChI=1S/C22H22N2O5S2/c1-27-15-10-13(11-16(28-2)21(15)29-12-19(23)25)22(26)24-7-5-17-14(6-9-31-17)20(24)18-4-3-8-30-18/h3-4,6,8-11,20H,5,7,12H2,1-2H3,(H2,23,25)/t20-/m1/s1. The highest BCUT2D eigenvalue weighted by Gasteiger charge is 2.34. The number of nitrogens with zero attached hydrogens (tertiary/aromatic N) is 1. The summed E-state index contributed by atoms with van der Waals surface area (Å²) in [7, 11) is 2.93. The number of ether oxygens (including phenoxy) is 3. The number of rotatable bonds is 7. The molecule has 1 atom stereocenters. The van der Waals surface area contributed by atoms with Crippen molar-refractivity contribution in [3.05, 3.63) is 62.0 Å². The Balaban J connectivity index is 1.72. The van der Waals surface area contributed by atoms with Crippen LogP contribution < -0.4 is 19.9 Å². The van der Waals surface area contributed by atoms with Crippen LogP contribution in [0.5, 0.6) is 17.2 Å². The zero-order valence-electron chi connectivity index (χ0n) is 17.1. The predicted molar refractivity (Wildman–Crippen MR) is 119 cm³/mol. The van der Waals surface area contributed by atoms with Crippen molar-refractivity contribution < 1.29 is 23.8 Å². The fourth-order valence-corrected chi connectivity index (χ4v) is 5.50. The molecule has 2 aromatic heterocycles. The fourth-order valence-electron chi connectivity index (χ4n) is 3.74. The quantitative estimate of drug-likeness (QED) is 0.585. The number of carbonyl (C=O) groups is 2. The summed E-state index contributed by atoms with van der Waals surface area (Å²) in [5.74, 6) is 0.0693. The summed E-state index contributed by atoms with van der Waals surface area (Å²) in [5.41, 5.74) is 6.78. The van der Waals surface area contributed by atoms with Gasteiger partial charge in [-0.3, -0.25) is 9.59 Å². The van der Waals surface area contributed by atoms with E-state index in [0.29, 0.717) is 23.6 Å². The maximum absolute atomic E-state index is 13.7. The Morgan fingerprint density at radius 1 is 1.13 bits per heavy atom. The summed E-state index contributed by atoms with van der Waals surface area (Å²) in [6.07, 6.45) is 0.814. The van der Waals surface area contributed by atoms with Gasteiger partial charge in [-0.1, -0.05) is 6.07 Å². The molecule has 31 heavy (non-hydrogen) atoms. The van der Waals surface area contributed by atoms with E-state index in [2.05, 4.69) is 17.5 Å². The summed E-state index contributed by atoms with van der Waals surface area (Å²) in [5, 5.41) is 4.10. The molecule has 1 aliphatic heterocycles. The minimum atomic E-state index is -0.622. The highest BCUT2D eigenvalue weighted by molar-refractivity contribution is 7.10. The number of nitrogens with two attached hydrogens (primary N) is 1. The lowest BCUT2D eigenvalue weighted by Gasteiger charge is -2.35. The lowest BCUT2D eigenvalue weighted by molar-refractivity contribution is -0.120. The molecule has 0 aliphatic carbocycles. The predicted octanol–water partition coefficient (Wildman–Crippen LogP) is 3.48. The zero-order valence-corrected chi connectivity index (χ0v) is 18.8. The lowest BCUT2D eigenvalue weighted by Crippen LogP contribution is -2.39. The van der Waals surface area contributed by atoms with Crippen LogP contribution in [0, 0.1) is 0 Å². The van der Waals surface area contributed by atoms with Gasteiger partial charge in [0.25, 0.3) is 11.8 Å². The van der Waals surface area contributed by atoms with Gasteiger partial charge in [0.05, 0.1) is 20.3 Å². The van der Waals surface area contributed by atoms with Crippen LogP contribution in [0.15, 0.2) is 41.1 Å². The molecule has 1 aliphatic rings. The largest absolute Gasteiger partial charge is 0.493 e. The molecule has 3 heterocycles. The molecule has 9 heteroatoms. The van der Waals surface area contributed by atoms with E-state index in [4.69, 9.17) is 19.9 Å². The van der Waals surface area contributed by atoms with Crippen molar-refractivity contribution in [3.8, 4) is 17.2 Å². The van der Waals surface area contributed by atoms with Gasteiger partial charge in [-0.05, 0) is 47.0 Å². The summed E-state index contributed by atoms with van der Waals surface area (Å²) in [6.45, 7) is 0.285. The Hall–Kier alpha value is -3.04. The van der Waals surface area contributed by atoms with Gasteiger partial charge in [-0.2, -0.15) is 0 Å². The van der Waals surface area contributed by atoms with E-state index in [0.717, 1.165) is 11.3 Å². The van der Waals surface area contributed by atoms with E-state index >= 15 is 0 Å². The highest BCUT2D eigenvalue weighted by Crippen LogP contribution is 2.42. The second kappa shape index (κ2) is 8.99. The highest BCUT2D eigenvalue weighted by atomic mass is 32.1. The van der Waals surface area contributed by atoms with Crippen molar-refractivity contribution in [2.75, 3.05) is 27.4 Å².